The van der Waals surface area contributed by atoms with Gasteiger partial charge in [-0.15, -0.1) is 0 Å². The highest BCUT2D eigenvalue weighted by Crippen LogP contribution is 2.09. The number of benzene rings is 1. The van der Waals surface area contributed by atoms with Gasteiger partial charge in [-0.2, -0.15) is 5.10 Å². The van der Waals surface area contributed by atoms with E-state index in [-0.39, 0.29) is 5.78 Å². The Balaban J connectivity index is 2.32. The van der Waals surface area contributed by atoms with Gasteiger partial charge in [0.1, 0.15) is 0 Å². The number of ketones is 1. The van der Waals surface area contributed by atoms with Crippen molar-refractivity contribution >= 4 is 5.78 Å². The monoisotopic (exact) mass is 200 g/mol. The third-order valence-corrected chi connectivity index (χ3v) is 2.28. The Labute approximate surface area is 88.4 Å². The van der Waals surface area contributed by atoms with Crippen molar-refractivity contribution in [2.24, 2.45) is 7.05 Å². The first-order valence-electron chi connectivity index (χ1n) is 4.77. The maximum Gasteiger partial charge on any atom is 0.196 e. The Hall–Kier alpha value is -1.90. The van der Waals surface area contributed by atoms with E-state index in [2.05, 4.69) is 5.10 Å². The first-order valence-corrected chi connectivity index (χ1v) is 4.77. The molecule has 0 spiro atoms. The van der Waals surface area contributed by atoms with E-state index in [1.165, 1.54) is 0 Å². The zero-order valence-corrected chi connectivity index (χ0v) is 8.77. The number of hydrogen-bond acceptors (Lipinski definition) is 2. The van der Waals surface area contributed by atoms with Crippen LogP contribution in [0.1, 0.15) is 21.5 Å². The summed E-state index contributed by atoms with van der Waals surface area (Å²) >= 11 is 0. The molecule has 76 valence electrons. The Kier molecular flexibility index (Phi) is 2.37. The molecule has 0 radical (unpaired) electrons. The molecule has 1 aromatic heterocycles. The van der Waals surface area contributed by atoms with Crippen molar-refractivity contribution in [3.05, 3.63) is 53.3 Å². The summed E-state index contributed by atoms with van der Waals surface area (Å²) in [6, 6.07) is 7.54. The first-order chi connectivity index (χ1) is 7.16. The molecule has 0 saturated heterocycles. The number of aromatic nitrogens is 2. The number of carbonyl (C=O) groups excluding carboxylic acids is 1. The van der Waals surface area contributed by atoms with Gasteiger partial charge >= 0.3 is 0 Å². The zero-order valence-electron chi connectivity index (χ0n) is 8.77. The normalized spacial score (nSPS) is 10.3. The third-order valence-electron chi connectivity index (χ3n) is 2.28. The molecular weight excluding hydrogens is 188 g/mol. The molecule has 3 heteroatoms. The molecule has 0 N–H and O–H groups in total. The second-order valence-corrected chi connectivity index (χ2v) is 3.60. The standard InChI is InChI=1S/C12H12N2O/c1-9-3-5-10(6-4-9)12(15)11-7-13-14(2)8-11/h3-8H,1-2H3. The molecule has 0 unspecified atom stereocenters. The minimum absolute atomic E-state index is 0.0168. The number of hydrogen-bond donors (Lipinski definition) is 0. The molecule has 0 saturated carbocycles. The lowest BCUT2D eigenvalue weighted by molar-refractivity contribution is 0.103. The lowest BCUT2D eigenvalue weighted by atomic mass is 10.1. The summed E-state index contributed by atoms with van der Waals surface area (Å²) in [5.41, 5.74) is 2.48. The number of aryl methyl sites for hydroxylation is 2. The van der Waals surface area contributed by atoms with Crippen LogP contribution in [0.2, 0.25) is 0 Å². The van der Waals surface area contributed by atoms with Crippen LogP contribution < -0.4 is 0 Å². The van der Waals surface area contributed by atoms with Crippen molar-refractivity contribution < 1.29 is 4.79 Å². The molecule has 15 heavy (non-hydrogen) atoms. The lowest BCUT2D eigenvalue weighted by Crippen LogP contribution is -1.99. The van der Waals surface area contributed by atoms with E-state index in [9.17, 15) is 4.79 Å². The van der Waals surface area contributed by atoms with E-state index < -0.39 is 0 Å². The number of nitrogens with zero attached hydrogens (tertiary/aromatic N) is 2. The Morgan fingerprint density at radius 2 is 1.87 bits per heavy atom. The summed E-state index contributed by atoms with van der Waals surface area (Å²) in [6.45, 7) is 2.00. The molecular formula is C12H12N2O. The van der Waals surface area contributed by atoms with Crippen LogP contribution in [0.25, 0.3) is 0 Å². The molecule has 3 nitrogen and oxygen atoms in total. The van der Waals surface area contributed by atoms with Gasteiger partial charge in [-0.3, -0.25) is 9.48 Å². The molecule has 1 aromatic carbocycles. The third kappa shape index (κ3) is 1.96. The highest BCUT2D eigenvalue weighted by molar-refractivity contribution is 6.08. The van der Waals surface area contributed by atoms with E-state index in [0.29, 0.717) is 11.1 Å². The van der Waals surface area contributed by atoms with Crippen molar-refractivity contribution in [2.75, 3.05) is 0 Å². The van der Waals surface area contributed by atoms with Crippen molar-refractivity contribution in [3.63, 3.8) is 0 Å². The number of rotatable bonds is 2. The van der Waals surface area contributed by atoms with Gasteiger partial charge in [0.05, 0.1) is 11.8 Å². The van der Waals surface area contributed by atoms with Gasteiger partial charge in [0, 0.05) is 18.8 Å². The summed E-state index contributed by atoms with van der Waals surface area (Å²) in [5.74, 6) is 0.0168. The summed E-state index contributed by atoms with van der Waals surface area (Å²) in [5, 5.41) is 3.98. The van der Waals surface area contributed by atoms with Gasteiger partial charge in [0.15, 0.2) is 5.78 Å². The molecule has 0 aliphatic rings. The van der Waals surface area contributed by atoms with E-state index in [0.717, 1.165) is 5.56 Å². The molecule has 0 amide bonds. The fourth-order valence-electron chi connectivity index (χ4n) is 1.41. The maximum atomic E-state index is 11.9. The Morgan fingerprint density at radius 1 is 1.20 bits per heavy atom. The smallest absolute Gasteiger partial charge is 0.196 e. The summed E-state index contributed by atoms with van der Waals surface area (Å²) in [7, 11) is 1.80. The average Bonchev–Trinajstić information content (AvgIpc) is 2.65. The van der Waals surface area contributed by atoms with E-state index in [1.807, 2.05) is 31.2 Å². The fraction of sp³-hybridized carbons (Fsp3) is 0.167. The van der Waals surface area contributed by atoms with Gasteiger partial charge in [0.25, 0.3) is 0 Å². The fourth-order valence-corrected chi connectivity index (χ4v) is 1.41. The van der Waals surface area contributed by atoms with Crippen LogP contribution in [0.4, 0.5) is 0 Å². The molecule has 0 aliphatic heterocycles. The second kappa shape index (κ2) is 3.69. The largest absolute Gasteiger partial charge is 0.288 e. The minimum Gasteiger partial charge on any atom is -0.288 e. The number of carbonyl (C=O) groups is 1. The van der Waals surface area contributed by atoms with Crippen LogP contribution in [0.5, 0.6) is 0 Å². The van der Waals surface area contributed by atoms with Crippen LogP contribution in [0, 0.1) is 6.92 Å². The van der Waals surface area contributed by atoms with E-state index in [1.54, 1.807) is 24.1 Å². The zero-order chi connectivity index (χ0) is 10.8. The van der Waals surface area contributed by atoms with E-state index in [4.69, 9.17) is 0 Å². The van der Waals surface area contributed by atoms with E-state index >= 15 is 0 Å². The van der Waals surface area contributed by atoms with Crippen molar-refractivity contribution in [1.82, 2.24) is 9.78 Å². The van der Waals surface area contributed by atoms with Crippen molar-refractivity contribution in [3.8, 4) is 0 Å². The van der Waals surface area contributed by atoms with Crippen molar-refractivity contribution in [1.29, 1.82) is 0 Å². The van der Waals surface area contributed by atoms with Crippen LogP contribution in [0.3, 0.4) is 0 Å². The Morgan fingerprint density at radius 3 is 2.40 bits per heavy atom. The summed E-state index contributed by atoms with van der Waals surface area (Å²) in [6.07, 6.45) is 3.31. The van der Waals surface area contributed by atoms with Crippen LogP contribution in [-0.4, -0.2) is 15.6 Å². The minimum atomic E-state index is 0.0168. The highest BCUT2D eigenvalue weighted by Gasteiger charge is 2.09. The van der Waals surface area contributed by atoms with Crippen LogP contribution in [-0.2, 0) is 7.05 Å². The van der Waals surface area contributed by atoms with Gasteiger partial charge in [-0.1, -0.05) is 29.8 Å². The SMILES string of the molecule is Cc1ccc(C(=O)c2cnn(C)c2)cc1. The van der Waals surface area contributed by atoms with Gasteiger partial charge in [-0.25, -0.2) is 0 Å². The molecule has 0 fully saturated rings. The quantitative estimate of drug-likeness (QED) is 0.694. The van der Waals surface area contributed by atoms with Crippen LogP contribution in [0.15, 0.2) is 36.7 Å². The van der Waals surface area contributed by atoms with Gasteiger partial charge in [0.2, 0.25) is 0 Å². The highest BCUT2D eigenvalue weighted by atomic mass is 16.1. The molecule has 0 aliphatic carbocycles. The predicted molar refractivity (Wildman–Crippen MR) is 57.8 cm³/mol. The lowest BCUT2D eigenvalue weighted by Gasteiger charge is -1.98. The summed E-state index contributed by atoms with van der Waals surface area (Å²) < 4.78 is 1.63. The van der Waals surface area contributed by atoms with Gasteiger partial charge < -0.3 is 0 Å². The van der Waals surface area contributed by atoms with Crippen molar-refractivity contribution in [2.45, 2.75) is 6.92 Å². The Bertz CT molecular complexity index is 483. The molecule has 1 heterocycles. The maximum absolute atomic E-state index is 11.9. The first kappa shape index (κ1) is 9.65. The molecule has 0 bridgehead atoms. The molecule has 2 aromatic rings. The molecule has 0 atom stereocenters. The average molecular weight is 200 g/mol. The summed E-state index contributed by atoms with van der Waals surface area (Å²) in [4.78, 5) is 11.9. The van der Waals surface area contributed by atoms with Gasteiger partial charge in [-0.05, 0) is 6.92 Å². The van der Waals surface area contributed by atoms with Crippen LogP contribution >= 0.6 is 0 Å². The second-order valence-electron chi connectivity index (χ2n) is 3.60. The predicted octanol–water partition coefficient (Wildman–Crippen LogP) is 1.96. The topological polar surface area (TPSA) is 34.9 Å². The molecule has 2 rings (SSSR count).